The number of anilines is 1. The molecule has 18 heavy (non-hydrogen) atoms. The highest BCUT2D eigenvalue weighted by molar-refractivity contribution is 6.98. The van der Waals surface area contributed by atoms with Crippen LogP contribution in [-0.4, -0.2) is 27.7 Å². The van der Waals surface area contributed by atoms with E-state index in [1.165, 1.54) is 4.90 Å². The largest absolute Gasteiger partial charge is 0.313 e. The first-order valence-electron chi connectivity index (χ1n) is 5.68. The van der Waals surface area contributed by atoms with Gasteiger partial charge in [0.25, 0.3) is 5.91 Å². The number of carbonyl (C=O) groups is 1. The monoisotopic (exact) mass is 263 g/mol. The van der Waals surface area contributed by atoms with Gasteiger partial charge in [-0.25, -0.2) is 4.39 Å². The minimum absolute atomic E-state index is 0.548. The van der Waals surface area contributed by atoms with E-state index in [4.69, 9.17) is 0 Å². The number of alkyl halides is 1. The lowest BCUT2D eigenvalue weighted by Gasteiger charge is -2.22. The Bertz CT molecular complexity index is 465. The van der Waals surface area contributed by atoms with Crippen LogP contribution in [0.5, 0.6) is 0 Å². The number of hydrogen-bond donors (Lipinski definition) is 0. The van der Waals surface area contributed by atoms with Gasteiger partial charge < -0.3 is 4.90 Å². The number of nitrogens with zero attached hydrogens (tertiary/aromatic N) is 1. The molecule has 0 aliphatic heterocycles. The highest BCUT2D eigenvalue weighted by Crippen LogP contribution is 2.14. The van der Waals surface area contributed by atoms with Crippen molar-refractivity contribution in [2.45, 2.75) is 6.55 Å². The predicted octanol–water partition coefficient (Wildman–Crippen LogP) is 2.35. The van der Waals surface area contributed by atoms with Crippen LogP contribution in [0.1, 0.15) is 0 Å². The van der Waals surface area contributed by atoms with Crippen molar-refractivity contribution in [2.24, 2.45) is 0 Å². The van der Waals surface area contributed by atoms with Crippen LogP contribution in [-0.2, 0) is 4.79 Å². The van der Waals surface area contributed by atoms with Crippen molar-refractivity contribution in [1.82, 2.24) is 0 Å². The molecule has 96 valence electrons. The van der Waals surface area contributed by atoms with E-state index < -0.39 is 20.7 Å². The fourth-order valence-electron chi connectivity index (χ4n) is 1.60. The normalized spacial score (nSPS) is 10.8. The molecule has 1 aromatic rings. The maximum atomic E-state index is 12.4. The molecule has 0 aliphatic carbocycles. The molecule has 0 unspecified atom stereocenters. The summed E-state index contributed by atoms with van der Waals surface area (Å²) < 4.78 is 12.4. The number of carbonyl (C=O) groups excluding carboxylic acids is 1. The first-order chi connectivity index (χ1) is 8.48. The summed E-state index contributed by atoms with van der Waals surface area (Å²) in [4.78, 5) is 12.7. The molecule has 0 heterocycles. The minimum Gasteiger partial charge on any atom is -0.313 e. The van der Waals surface area contributed by atoms with Gasteiger partial charge in [0, 0.05) is 12.7 Å². The summed E-state index contributed by atoms with van der Waals surface area (Å²) in [7, 11) is -0.328. The number of halogens is 1. The second-order valence-corrected chi connectivity index (χ2v) is 8.29. The summed E-state index contributed by atoms with van der Waals surface area (Å²) >= 11 is 0. The van der Waals surface area contributed by atoms with Crippen LogP contribution in [0.25, 0.3) is 0 Å². The molecular formula is C14H18FNOSi. The topological polar surface area (TPSA) is 20.3 Å². The molecule has 0 bridgehead atoms. The van der Waals surface area contributed by atoms with Crippen LogP contribution in [0.4, 0.5) is 10.1 Å². The second kappa shape index (κ2) is 5.77. The molecule has 0 aromatic heterocycles. The molecule has 4 heteroatoms. The average molecular weight is 263 g/mol. The van der Waals surface area contributed by atoms with E-state index in [-0.39, 0.29) is 0 Å². The van der Waals surface area contributed by atoms with Crippen LogP contribution in [0.15, 0.2) is 48.8 Å². The lowest BCUT2D eigenvalue weighted by molar-refractivity contribution is -0.119. The summed E-state index contributed by atoms with van der Waals surface area (Å²) in [5.41, 5.74) is 4.55. The molecule has 0 fully saturated rings. The predicted molar refractivity (Wildman–Crippen MR) is 77.5 cm³/mol. The number of benzene rings is 1. The van der Waals surface area contributed by atoms with Gasteiger partial charge >= 0.3 is 0 Å². The van der Waals surface area contributed by atoms with Gasteiger partial charge in [0.1, 0.15) is 8.07 Å². The fraction of sp³-hybridized carbons (Fsp3) is 0.214. The Balaban J connectivity index is 3.17. The van der Waals surface area contributed by atoms with Crippen molar-refractivity contribution in [2.75, 3.05) is 18.6 Å². The van der Waals surface area contributed by atoms with Gasteiger partial charge in [-0.2, -0.15) is 0 Å². The molecule has 0 saturated heterocycles. The second-order valence-electron chi connectivity index (χ2n) is 4.33. The zero-order valence-corrected chi connectivity index (χ0v) is 11.8. The number of hydrogen-bond acceptors (Lipinski definition) is 1. The highest BCUT2D eigenvalue weighted by atomic mass is 28.3. The summed E-state index contributed by atoms with van der Waals surface area (Å²) in [6, 6.07) is 7.55. The van der Waals surface area contributed by atoms with Crippen molar-refractivity contribution < 1.29 is 9.18 Å². The Morgan fingerprint density at radius 1 is 1.44 bits per heavy atom. The van der Waals surface area contributed by atoms with Gasteiger partial charge in [-0.3, -0.25) is 4.79 Å². The van der Waals surface area contributed by atoms with Gasteiger partial charge in [-0.1, -0.05) is 30.1 Å². The standard InChI is InChI=1S/C14H18FNOSi/c1-5-18(4,6-2)13-9-7-8-12(10-13)16(3)14(17)11-15/h5-10H,1-2,11H2,3-4H3. The van der Waals surface area contributed by atoms with Gasteiger partial charge in [0.2, 0.25) is 0 Å². The average Bonchev–Trinajstić information content (AvgIpc) is 2.44. The van der Waals surface area contributed by atoms with Crippen LogP contribution in [0.2, 0.25) is 6.55 Å². The molecule has 0 atom stereocenters. The van der Waals surface area contributed by atoms with E-state index in [0.717, 1.165) is 5.19 Å². The van der Waals surface area contributed by atoms with E-state index in [9.17, 15) is 9.18 Å². The molecule has 0 radical (unpaired) electrons. The quantitative estimate of drug-likeness (QED) is 0.747. The zero-order valence-electron chi connectivity index (χ0n) is 10.8. The lowest BCUT2D eigenvalue weighted by Crippen LogP contribution is -2.41. The first kappa shape index (κ1) is 14.4. The van der Waals surface area contributed by atoms with E-state index in [0.29, 0.717) is 5.69 Å². The van der Waals surface area contributed by atoms with Crippen LogP contribution in [0.3, 0.4) is 0 Å². The summed E-state index contributed by atoms with van der Waals surface area (Å²) in [5.74, 6) is -0.548. The van der Waals surface area contributed by atoms with Crippen LogP contribution < -0.4 is 10.1 Å². The van der Waals surface area contributed by atoms with Gasteiger partial charge in [-0.05, 0) is 17.3 Å². The Labute approximate surface area is 108 Å². The minimum atomic E-state index is -1.90. The zero-order chi connectivity index (χ0) is 13.8. The Hall–Kier alpha value is -1.68. The Kier molecular flexibility index (Phi) is 4.61. The lowest BCUT2D eigenvalue weighted by atomic mass is 10.3. The Morgan fingerprint density at radius 3 is 2.56 bits per heavy atom. The molecule has 1 rings (SSSR count). The van der Waals surface area contributed by atoms with E-state index in [2.05, 4.69) is 19.7 Å². The van der Waals surface area contributed by atoms with Crippen LogP contribution >= 0.6 is 0 Å². The maximum absolute atomic E-state index is 12.4. The van der Waals surface area contributed by atoms with Crippen LogP contribution in [0, 0.1) is 0 Å². The summed E-state index contributed by atoms with van der Waals surface area (Å²) in [6.07, 6.45) is 0. The third-order valence-corrected chi connectivity index (χ3v) is 6.44. The molecule has 1 amide bonds. The molecule has 1 aromatic carbocycles. The van der Waals surface area contributed by atoms with Gasteiger partial charge in [0.05, 0.1) is 0 Å². The first-order valence-corrected chi connectivity index (χ1v) is 8.34. The van der Waals surface area contributed by atoms with Crippen molar-refractivity contribution >= 4 is 24.9 Å². The third kappa shape index (κ3) is 2.76. The number of rotatable bonds is 5. The molecule has 0 saturated carbocycles. The van der Waals surface area contributed by atoms with Crippen molar-refractivity contribution in [1.29, 1.82) is 0 Å². The molecule has 0 spiro atoms. The maximum Gasteiger partial charge on any atom is 0.258 e. The van der Waals surface area contributed by atoms with E-state index in [1.54, 1.807) is 13.1 Å². The summed E-state index contributed by atoms with van der Waals surface area (Å²) in [5, 5.41) is 1.10. The van der Waals surface area contributed by atoms with Gasteiger partial charge in [0.15, 0.2) is 6.67 Å². The molecule has 0 aliphatic rings. The van der Waals surface area contributed by atoms with E-state index in [1.807, 2.05) is 29.6 Å². The van der Waals surface area contributed by atoms with Crippen molar-refractivity contribution in [3.8, 4) is 0 Å². The molecule has 0 N–H and O–H groups in total. The van der Waals surface area contributed by atoms with Gasteiger partial charge in [-0.15, -0.1) is 13.2 Å². The Morgan fingerprint density at radius 2 is 2.06 bits per heavy atom. The smallest absolute Gasteiger partial charge is 0.258 e. The molecular weight excluding hydrogens is 245 g/mol. The number of amides is 1. The third-order valence-electron chi connectivity index (χ3n) is 3.19. The van der Waals surface area contributed by atoms with Crippen molar-refractivity contribution in [3.63, 3.8) is 0 Å². The highest BCUT2D eigenvalue weighted by Gasteiger charge is 2.22. The van der Waals surface area contributed by atoms with Crippen molar-refractivity contribution in [3.05, 3.63) is 48.8 Å². The fourth-order valence-corrected chi connectivity index (χ4v) is 3.15. The molecule has 2 nitrogen and oxygen atoms in total. The van der Waals surface area contributed by atoms with E-state index >= 15 is 0 Å². The summed E-state index contributed by atoms with van der Waals surface area (Å²) in [6.45, 7) is 8.84. The SMILES string of the molecule is C=C[Si](C)(C=C)c1cccc(N(C)C(=O)CF)c1.